The summed E-state index contributed by atoms with van der Waals surface area (Å²) in [4.78, 5) is 0. The van der Waals surface area contributed by atoms with Gasteiger partial charge >= 0.3 is 0 Å². The van der Waals surface area contributed by atoms with Gasteiger partial charge in [-0.25, -0.2) is 0 Å². The smallest absolute Gasteiger partial charge is 0.0739 e. The lowest BCUT2D eigenvalue weighted by Crippen LogP contribution is -2.27. The average molecular weight is 286 g/mol. The van der Waals surface area contributed by atoms with Gasteiger partial charge in [-0.3, -0.25) is 4.68 Å². The summed E-state index contributed by atoms with van der Waals surface area (Å²) in [5.74, 6) is 0.884. The van der Waals surface area contributed by atoms with Crippen molar-refractivity contribution in [1.82, 2.24) is 15.1 Å². The van der Waals surface area contributed by atoms with Crippen LogP contribution in [0.1, 0.15) is 37.6 Å². The van der Waals surface area contributed by atoms with E-state index in [-0.39, 0.29) is 0 Å². The Morgan fingerprint density at radius 3 is 2.75 bits per heavy atom. The number of halogens is 1. The molecule has 90 valence electrons. The van der Waals surface area contributed by atoms with E-state index in [2.05, 4.69) is 33.3 Å². The topological polar surface area (TPSA) is 29.9 Å². The number of aryl methyl sites for hydroxylation is 2. The Balaban J connectivity index is 1.94. The second-order valence-corrected chi connectivity index (χ2v) is 5.76. The minimum Gasteiger partial charge on any atom is -0.308 e. The van der Waals surface area contributed by atoms with E-state index in [9.17, 15) is 0 Å². The maximum Gasteiger partial charge on any atom is 0.0739 e. The summed E-state index contributed by atoms with van der Waals surface area (Å²) in [6.07, 6.45) is 3.99. The van der Waals surface area contributed by atoms with Gasteiger partial charge in [0.15, 0.2) is 0 Å². The Labute approximate surface area is 106 Å². The van der Waals surface area contributed by atoms with Gasteiger partial charge < -0.3 is 5.32 Å². The maximum absolute atomic E-state index is 4.40. The van der Waals surface area contributed by atoms with E-state index in [0.29, 0.717) is 6.04 Å². The number of rotatable bonds is 3. The van der Waals surface area contributed by atoms with Crippen molar-refractivity contribution in [2.75, 3.05) is 0 Å². The molecule has 0 aromatic carbocycles. The van der Waals surface area contributed by atoms with Crippen molar-refractivity contribution in [3.05, 3.63) is 15.9 Å². The molecule has 0 radical (unpaired) electrons. The van der Waals surface area contributed by atoms with Crippen LogP contribution in [0.25, 0.3) is 0 Å². The van der Waals surface area contributed by atoms with Crippen molar-refractivity contribution in [2.24, 2.45) is 13.0 Å². The van der Waals surface area contributed by atoms with Crippen LogP contribution in [0, 0.1) is 12.8 Å². The molecule has 0 bridgehead atoms. The molecule has 1 aliphatic rings. The van der Waals surface area contributed by atoms with Crippen LogP contribution in [0.3, 0.4) is 0 Å². The molecule has 1 saturated carbocycles. The predicted octanol–water partition coefficient (Wildman–Crippen LogP) is 2.77. The normalized spacial score (nSPS) is 25.2. The lowest BCUT2D eigenvalue weighted by atomic mass is 10.1. The van der Waals surface area contributed by atoms with Crippen molar-refractivity contribution in [3.63, 3.8) is 0 Å². The molecule has 0 aliphatic heterocycles. The molecule has 1 aliphatic carbocycles. The first-order chi connectivity index (χ1) is 7.58. The Bertz CT molecular complexity index is 373. The number of nitrogens with one attached hydrogen (secondary N) is 1. The van der Waals surface area contributed by atoms with Crippen LogP contribution in [0.2, 0.25) is 0 Å². The van der Waals surface area contributed by atoms with Gasteiger partial charge in [-0.15, -0.1) is 0 Å². The molecule has 2 unspecified atom stereocenters. The molecule has 1 aromatic rings. The maximum atomic E-state index is 4.40. The SMILES string of the molecule is Cc1nn(C)c(CNC2CCC(C)C2)c1Br. The third-order valence-corrected chi connectivity index (χ3v) is 4.55. The third kappa shape index (κ3) is 2.48. The minimum absolute atomic E-state index is 0.692. The molecule has 3 nitrogen and oxygen atoms in total. The Hall–Kier alpha value is -0.350. The lowest BCUT2D eigenvalue weighted by molar-refractivity contribution is 0.489. The quantitative estimate of drug-likeness (QED) is 0.926. The van der Waals surface area contributed by atoms with E-state index in [4.69, 9.17) is 0 Å². The fourth-order valence-corrected chi connectivity index (χ4v) is 2.98. The first-order valence-corrected chi connectivity index (χ1v) is 6.78. The Morgan fingerprint density at radius 1 is 1.50 bits per heavy atom. The molecule has 1 aromatic heterocycles. The second-order valence-electron chi connectivity index (χ2n) is 4.97. The highest BCUT2D eigenvalue weighted by molar-refractivity contribution is 9.10. The summed E-state index contributed by atoms with van der Waals surface area (Å²) >= 11 is 3.60. The van der Waals surface area contributed by atoms with Gasteiger partial charge in [0, 0.05) is 19.6 Å². The van der Waals surface area contributed by atoms with Gasteiger partial charge in [0.05, 0.1) is 15.9 Å². The van der Waals surface area contributed by atoms with E-state index in [1.165, 1.54) is 25.0 Å². The molecule has 16 heavy (non-hydrogen) atoms. The lowest BCUT2D eigenvalue weighted by Gasteiger charge is -2.12. The second kappa shape index (κ2) is 4.88. The zero-order valence-electron chi connectivity index (χ0n) is 10.3. The van der Waals surface area contributed by atoms with Crippen LogP contribution in [-0.2, 0) is 13.6 Å². The predicted molar refractivity (Wildman–Crippen MR) is 69.3 cm³/mol. The van der Waals surface area contributed by atoms with E-state index in [1.54, 1.807) is 0 Å². The summed E-state index contributed by atoms with van der Waals surface area (Å²) < 4.78 is 3.11. The highest BCUT2D eigenvalue weighted by atomic mass is 79.9. The van der Waals surface area contributed by atoms with E-state index in [0.717, 1.165) is 22.6 Å². The van der Waals surface area contributed by atoms with Crippen molar-refractivity contribution >= 4 is 15.9 Å². The van der Waals surface area contributed by atoms with Crippen LogP contribution < -0.4 is 5.32 Å². The fourth-order valence-electron chi connectivity index (χ4n) is 2.51. The highest BCUT2D eigenvalue weighted by Gasteiger charge is 2.21. The number of nitrogens with zero attached hydrogens (tertiary/aromatic N) is 2. The molecule has 1 heterocycles. The molecule has 1 fully saturated rings. The van der Waals surface area contributed by atoms with Crippen LogP contribution in [0.4, 0.5) is 0 Å². The zero-order valence-corrected chi connectivity index (χ0v) is 11.8. The number of aromatic nitrogens is 2. The Morgan fingerprint density at radius 2 is 2.25 bits per heavy atom. The van der Waals surface area contributed by atoms with Crippen LogP contribution in [-0.4, -0.2) is 15.8 Å². The van der Waals surface area contributed by atoms with Crippen molar-refractivity contribution < 1.29 is 0 Å². The zero-order chi connectivity index (χ0) is 11.7. The Kier molecular flexibility index (Phi) is 3.70. The molecule has 0 amide bonds. The van der Waals surface area contributed by atoms with Crippen LogP contribution >= 0.6 is 15.9 Å². The van der Waals surface area contributed by atoms with Gasteiger partial charge in [0.1, 0.15) is 0 Å². The summed E-state index contributed by atoms with van der Waals surface area (Å²) in [6.45, 7) is 5.28. The molecule has 2 atom stereocenters. The monoisotopic (exact) mass is 285 g/mol. The summed E-state index contributed by atoms with van der Waals surface area (Å²) in [7, 11) is 2.01. The van der Waals surface area contributed by atoms with Crippen molar-refractivity contribution in [1.29, 1.82) is 0 Å². The molecular weight excluding hydrogens is 266 g/mol. The van der Waals surface area contributed by atoms with Gasteiger partial charge in [-0.2, -0.15) is 5.10 Å². The fraction of sp³-hybridized carbons (Fsp3) is 0.750. The van der Waals surface area contributed by atoms with E-state index < -0.39 is 0 Å². The van der Waals surface area contributed by atoms with Crippen LogP contribution in [0.5, 0.6) is 0 Å². The van der Waals surface area contributed by atoms with Gasteiger partial charge in [0.2, 0.25) is 0 Å². The molecule has 2 rings (SSSR count). The third-order valence-electron chi connectivity index (χ3n) is 3.51. The van der Waals surface area contributed by atoms with Crippen molar-refractivity contribution in [2.45, 2.75) is 45.7 Å². The molecule has 0 saturated heterocycles. The van der Waals surface area contributed by atoms with Gasteiger partial charge in [0.25, 0.3) is 0 Å². The summed E-state index contributed by atoms with van der Waals surface area (Å²) in [5, 5.41) is 8.03. The standard InChI is InChI=1S/C12H20BrN3/c1-8-4-5-10(6-8)14-7-11-12(13)9(2)15-16(11)3/h8,10,14H,4-7H2,1-3H3. The summed E-state index contributed by atoms with van der Waals surface area (Å²) in [5.41, 5.74) is 2.32. The van der Waals surface area contributed by atoms with Gasteiger partial charge in [-0.1, -0.05) is 6.92 Å². The summed E-state index contributed by atoms with van der Waals surface area (Å²) in [6, 6.07) is 0.692. The highest BCUT2D eigenvalue weighted by Crippen LogP contribution is 2.26. The molecule has 1 N–H and O–H groups in total. The minimum atomic E-state index is 0.692. The number of hydrogen-bond donors (Lipinski definition) is 1. The van der Waals surface area contributed by atoms with Gasteiger partial charge in [-0.05, 0) is 48.0 Å². The molecular formula is C12H20BrN3. The molecule has 4 heteroatoms. The van der Waals surface area contributed by atoms with Crippen molar-refractivity contribution in [3.8, 4) is 0 Å². The molecule has 0 spiro atoms. The largest absolute Gasteiger partial charge is 0.308 e. The first kappa shape index (κ1) is 12.1. The first-order valence-electron chi connectivity index (χ1n) is 5.99. The van der Waals surface area contributed by atoms with Crippen LogP contribution in [0.15, 0.2) is 4.47 Å². The number of hydrogen-bond acceptors (Lipinski definition) is 2. The van der Waals surface area contributed by atoms with E-state index in [1.807, 2.05) is 18.7 Å². The average Bonchev–Trinajstić information content (AvgIpc) is 2.72. The van der Waals surface area contributed by atoms with E-state index >= 15 is 0 Å².